The SMILES string of the molecule is CC1CN(S(=O)(=O)c2cccc(C(=O)NC(CF)C(=O)O)c2)CC(C)O1. The summed E-state index contributed by atoms with van der Waals surface area (Å²) in [5.41, 5.74) is -0.0693. The maximum absolute atomic E-state index is 12.8. The van der Waals surface area contributed by atoms with Crippen molar-refractivity contribution < 1.29 is 32.2 Å². The standard InChI is InChI=1S/C16H21FN2O6S/c1-10-8-19(9-11(2)25-10)26(23,24)13-5-3-4-12(6-13)15(20)18-14(7-17)16(21)22/h3-6,10-11,14H,7-9H2,1-2H3,(H,18,20)(H,21,22). The molecule has 10 heteroatoms. The fourth-order valence-corrected chi connectivity index (χ4v) is 4.32. The Hall–Kier alpha value is -2.04. The number of sulfonamides is 1. The highest BCUT2D eigenvalue weighted by atomic mass is 32.2. The molecule has 0 aromatic heterocycles. The van der Waals surface area contributed by atoms with Crippen molar-refractivity contribution in [1.82, 2.24) is 9.62 Å². The topological polar surface area (TPSA) is 113 Å². The Morgan fingerprint density at radius 1 is 1.35 bits per heavy atom. The summed E-state index contributed by atoms with van der Waals surface area (Å²) in [5.74, 6) is -2.38. The Morgan fingerprint density at radius 2 is 1.96 bits per heavy atom. The molecule has 0 saturated carbocycles. The Labute approximate surface area is 151 Å². The van der Waals surface area contributed by atoms with Gasteiger partial charge in [0.25, 0.3) is 5.91 Å². The predicted octanol–water partition coefficient (Wildman–Crippen LogP) is 0.637. The average Bonchev–Trinajstić information content (AvgIpc) is 2.58. The molecule has 1 aliphatic heterocycles. The molecule has 2 rings (SSSR count). The van der Waals surface area contributed by atoms with Crippen molar-refractivity contribution in [3.05, 3.63) is 29.8 Å². The number of benzene rings is 1. The van der Waals surface area contributed by atoms with Crippen LogP contribution in [0.1, 0.15) is 24.2 Å². The van der Waals surface area contributed by atoms with E-state index in [0.717, 1.165) is 6.07 Å². The van der Waals surface area contributed by atoms with Gasteiger partial charge in [0, 0.05) is 18.7 Å². The molecular formula is C16H21FN2O6S. The van der Waals surface area contributed by atoms with Crippen molar-refractivity contribution in [3.63, 3.8) is 0 Å². The molecule has 3 unspecified atom stereocenters. The number of hydrogen-bond acceptors (Lipinski definition) is 5. The monoisotopic (exact) mass is 388 g/mol. The summed E-state index contributed by atoms with van der Waals surface area (Å²) in [6.45, 7) is 2.64. The van der Waals surface area contributed by atoms with Crippen LogP contribution in [0.15, 0.2) is 29.2 Å². The first-order valence-electron chi connectivity index (χ1n) is 8.00. The third-order valence-corrected chi connectivity index (χ3v) is 5.71. The van der Waals surface area contributed by atoms with Gasteiger partial charge in [0.05, 0.1) is 17.1 Å². The lowest BCUT2D eigenvalue weighted by molar-refractivity contribution is -0.139. The van der Waals surface area contributed by atoms with E-state index in [1.807, 2.05) is 5.32 Å². The van der Waals surface area contributed by atoms with E-state index in [2.05, 4.69) is 0 Å². The van der Waals surface area contributed by atoms with E-state index >= 15 is 0 Å². The van der Waals surface area contributed by atoms with Gasteiger partial charge in [-0.2, -0.15) is 4.31 Å². The number of carbonyl (C=O) groups is 2. The molecule has 1 amide bonds. The van der Waals surface area contributed by atoms with Crippen molar-refractivity contribution in [2.45, 2.75) is 37.0 Å². The number of nitrogens with one attached hydrogen (secondary N) is 1. The first-order valence-corrected chi connectivity index (χ1v) is 9.44. The number of ether oxygens (including phenoxy) is 1. The number of morpholine rings is 1. The minimum atomic E-state index is -3.85. The molecule has 0 radical (unpaired) electrons. The smallest absolute Gasteiger partial charge is 0.328 e. The molecule has 1 aliphatic rings. The van der Waals surface area contributed by atoms with Crippen molar-refractivity contribution in [1.29, 1.82) is 0 Å². The van der Waals surface area contributed by atoms with E-state index in [0.29, 0.717) is 0 Å². The third-order valence-electron chi connectivity index (χ3n) is 3.88. The highest BCUT2D eigenvalue weighted by Crippen LogP contribution is 2.22. The van der Waals surface area contributed by atoms with Crippen LogP contribution in [0.4, 0.5) is 4.39 Å². The minimum absolute atomic E-state index is 0.0693. The van der Waals surface area contributed by atoms with Crippen molar-refractivity contribution in [2.24, 2.45) is 0 Å². The van der Waals surface area contributed by atoms with Gasteiger partial charge in [-0.25, -0.2) is 17.6 Å². The molecular weight excluding hydrogens is 367 g/mol. The molecule has 1 saturated heterocycles. The lowest BCUT2D eigenvalue weighted by Gasteiger charge is -2.34. The Morgan fingerprint density at radius 3 is 2.50 bits per heavy atom. The van der Waals surface area contributed by atoms with Gasteiger partial charge in [-0.05, 0) is 32.0 Å². The maximum atomic E-state index is 12.8. The molecule has 26 heavy (non-hydrogen) atoms. The normalized spacial score (nSPS) is 22.6. The summed E-state index contributed by atoms with van der Waals surface area (Å²) in [6, 6.07) is 3.51. The van der Waals surface area contributed by atoms with Gasteiger partial charge >= 0.3 is 5.97 Å². The lowest BCUT2D eigenvalue weighted by atomic mass is 10.2. The molecule has 1 aromatic rings. The molecule has 0 aliphatic carbocycles. The van der Waals surface area contributed by atoms with Crippen LogP contribution in [-0.2, 0) is 19.6 Å². The molecule has 1 fully saturated rings. The second-order valence-electron chi connectivity index (χ2n) is 6.13. The van der Waals surface area contributed by atoms with E-state index in [1.165, 1.54) is 22.5 Å². The molecule has 0 spiro atoms. The maximum Gasteiger partial charge on any atom is 0.328 e. The van der Waals surface area contributed by atoms with Crippen LogP contribution in [0.3, 0.4) is 0 Å². The highest BCUT2D eigenvalue weighted by molar-refractivity contribution is 7.89. The molecule has 0 bridgehead atoms. The Kier molecular flexibility index (Phi) is 6.32. The fraction of sp³-hybridized carbons (Fsp3) is 0.500. The third kappa shape index (κ3) is 4.57. The van der Waals surface area contributed by atoms with E-state index in [-0.39, 0.29) is 35.8 Å². The zero-order valence-electron chi connectivity index (χ0n) is 14.4. The number of halogens is 1. The number of carboxylic acid groups (broad SMARTS) is 1. The van der Waals surface area contributed by atoms with Crippen LogP contribution in [0.25, 0.3) is 0 Å². The lowest BCUT2D eigenvalue weighted by Crippen LogP contribution is -2.48. The summed E-state index contributed by atoms with van der Waals surface area (Å²) < 4.78 is 45.1. The number of carboxylic acids is 1. The van der Waals surface area contributed by atoms with Crippen LogP contribution in [0.5, 0.6) is 0 Å². The number of carbonyl (C=O) groups excluding carboxylic acids is 1. The zero-order chi connectivity index (χ0) is 19.5. The van der Waals surface area contributed by atoms with Crippen LogP contribution < -0.4 is 5.32 Å². The van der Waals surface area contributed by atoms with E-state index in [4.69, 9.17) is 9.84 Å². The molecule has 1 heterocycles. The molecule has 8 nitrogen and oxygen atoms in total. The largest absolute Gasteiger partial charge is 0.480 e. The van der Waals surface area contributed by atoms with Crippen molar-refractivity contribution in [2.75, 3.05) is 19.8 Å². The first-order chi connectivity index (χ1) is 12.1. The average molecular weight is 388 g/mol. The first kappa shape index (κ1) is 20.3. The van der Waals surface area contributed by atoms with Crippen molar-refractivity contribution >= 4 is 21.9 Å². The van der Waals surface area contributed by atoms with Crippen LogP contribution in [-0.4, -0.2) is 67.7 Å². The number of hydrogen-bond donors (Lipinski definition) is 2. The van der Waals surface area contributed by atoms with Gasteiger partial charge in [0.1, 0.15) is 6.67 Å². The zero-order valence-corrected chi connectivity index (χ0v) is 15.2. The fourth-order valence-electron chi connectivity index (χ4n) is 2.68. The Balaban J connectivity index is 2.25. The molecule has 3 atom stereocenters. The molecule has 144 valence electrons. The second kappa shape index (κ2) is 8.11. The summed E-state index contributed by atoms with van der Waals surface area (Å²) in [5, 5.41) is 10.8. The number of aliphatic carboxylic acids is 1. The van der Waals surface area contributed by atoms with E-state index < -0.39 is 34.6 Å². The summed E-state index contributed by atoms with van der Waals surface area (Å²) >= 11 is 0. The number of alkyl halides is 1. The van der Waals surface area contributed by atoms with Gasteiger partial charge in [-0.3, -0.25) is 4.79 Å². The quantitative estimate of drug-likeness (QED) is 0.739. The number of rotatable bonds is 6. The highest BCUT2D eigenvalue weighted by Gasteiger charge is 2.32. The summed E-state index contributed by atoms with van der Waals surface area (Å²) in [4.78, 5) is 22.8. The van der Waals surface area contributed by atoms with E-state index in [9.17, 15) is 22.4 Å². The van der Waals surface area contributed by atoms with Crippen LogP contribution in [0.2, 0.25) is 0 Å². The van der Waals surface area contributed by atoms with Gasteiger partial charge in [0.2, 0.25) is 10.0 Å². The van der Waals surface area contributed by atoms with Crippen LogP contribution >= 0.6 is 0 Å². The van der Waals surface area contributed by atoms with Gasteiger partial charge < -0.3 is 15.2 Å². The number of nitrogens with zero attached hydrogens (tertiary/aromatic N) is 1. The summed E-state index contributed by atoms with van der Waals surface area (Å²) in [6.07, 6.45) is -0.526. The Bertz CT molecular complexity index is 775. The van der Waals surface area contributed by atoms with Gasteiger partial charge in [-0.1, -0.05) is 6.07 Å². The molecule has 1 aromatic carbocycles. The van der Waals surface area contributed by atoms with Gasteiger partial charge in [-0.15, -0.1) is 0 Å². The summed E-state index contributed by atoms with van der Waals surface area (Å²) in [7, 11) is -3.85. The molecule has 2 N–H and O–H groups in total. The van der Waals surface area contributed by atoms with Crippen molar-refractivity contribution in [3.8, 4) is 0 Å². The van der Waals surface area contributed by atoms with Crippen LogP contribution in [0, 0.1) is 0 Å². The van der Waals surface area contributed by atoms with Gasteiger partial charge in [0.15, 0.2) is 6.04 Å². The minimum Gasteiger partial charge on any atom is -0.480 e. The number of amides is 1. The van der Waals surface area contributed by atoms with E-state index in [1.54, 1.807) is 13.8 Å². The predicted molar refractivity (Wildman–Crippen MR) is 90.1 cm³/mol. The second-order valence-corrected chi connectivity index (χ2v) is 8.06.